The van der Waals surface area contributed by atoms with E-state index < -0.39 is 17.7 Å². The zero-order valence-electron chi connectivity index (χ0n) is 14.1. The first-order valence-corrected chi connectivity index (χ1v) is 8.21. The summed E-state index contributed by atoms with van der Waals surface area (Å²) >= 11 is 0.788. The van der Waals surface area contributed by atoms with Gasteiger partial charge in [0.1, 0.15) is 11.6 Å². The zero-order valence-corrected chi connectivity index (χ0v) is 14.9. The maximum absolute atomic E-state index is 11.8. The van der Waals surface area contributed by atoms with Crippen LogP contribution in [-0.2, 0) is 6.42 Å². The second-order valence-corrected chi connectivity index (χ2v) is 7.11. The average Bonchev–Trinajstić information content (AvgIpc) is 2.92. The summed E-state index contributed by atoms with van der Waals surface area (Å²) in [5.74, 6) is 1.08. The maximum Gasteiger partial charge on any atom is 0.408 e. The molecule has 0 fully saturated rings. The molecule has 7 nitrogen and oxygen atoms in total. The number of hydrogen-bond donors (Lipinski definition) is 2. The summed E-state index contributed by atoms with van der Waals surface area (Å²) in [5.41, 5.74) is 0.272. The van der Waals surface area contributed by atoms with Crippen LogP contribution in [0.2, 0.25) is 0 Å². The molecule has 1 aromatic carbocycles. The van der Waals surface area contributed by atoms with Crippen LogP contribution in [0.3, 0.4) is 0 Å². The van der Waals surface area contributed by atoms with E-state index in [0.29, 0.717) is 12.2 Å². The van der Waals surface area contributed by atoms with Gasteiger partial charge in [-0.3, -0.25) is 14.7 Å². The van der Waals surface area contributed by atoms with E-state index in [1.165, 1.54) is 4.90 Å². The van der Waals surface area contributed by atoms with E-state index in [1.807, 2.05) is 45.0 Å². The average molecular weight is 351 g/mol. The van der Waals surface area contributed by atoms with Gasteiger partial charge in [0.05, 0.1) is 13.2 Å². The third kappa shape index (κ3) is 4.14. The lowest BCUT2D eigenvalue weighted by Crippen LogP contribution is -2.48. The number of nitrogens with one attached hydrogen (secondary N) is 1. The van der Waals surface area contributed by atoms with Crippen molar-refractivity contribution in [2.24, 2.45) is 0 Å². The predicted molar refractivity (Wildman–Crippen MR) is 91.8 cm³/mol. The van der Waals surface area contributed by atoms with Crippen molar-refractivity contribution < 1.29 is 14.6 Å². The third-order valence-electron chi connectivity index (χ3n) is 3.60. The lowest BCUT2D eigenvalue weighted by Gasteiger charge is -2.38. The Kier molecular flexibility index (Phi) is 5.28. The van der Waals surface area contributed by atoms with Gasteiger partial charge < -0.3 is 9.84 Å². The van der Waals surface area contributed by atoms with Crippen LogP contribution >= 0.6 is 11.5 Å². The molecule has 1 aromatic heterocycles. The Labute approximate surface area is 144 Å². The second-order valence-electron chi connectivity index (χ2n) is 6.37. The van der Waals surface area contributed by atoms with Crippen LogP contribution < -0.4 is 9.61 Å². The van der Waals surface area contributed by atoms with E-state index in [0.717, 1.165) is 22.8 Å². The fourth-order valence-electron chi connectivity index (χ4n) is 2.57. The minimum atomic E-state index is -1.06. The van der Waals surface area contributed by atoms with Crippen molar-refractivity contribution in [2.75, 3.05) is 7.11 Å². The minimum absolute atomic E-state index is 0.302. The Morgan fingerprint density at radius 3 is 2.42 bits per heavy atom. The summed E-state index contributed by atoms with van der Waals surface area (Å²) in [7, 11) is 1.59. The van der Waals surface area contributed by atoms with Crippen LogP contribution in [0.25, 0.3) is 0 Å². The Morgan fingerprint density at radius 1 is 1.38 bits per heavy atom. The van der Waals surface area contributed by atoms with Crippen molar-refractivity contribution in [2.45, 2.75) is 38.8 Å². The van der Waals surface area contributed by atoms with Crippen LogP contribution in [0.5, 0.6) is 5.75 Å². The Bertz CT molecular complexity index is 746. The van der Waals surface area contributed by atoms with Gasteiger partial charge in [-0.15, -0.1) is 0 Å². The number of rotatable bonds is 5. The summed E-state index contributed by atoms with van der Waals surface area (Å²) in [6, 6.07) is 6.80. The molecule has 1 amide bonds. The Balaban J connectivity index is 2.42. The zero-order chi connectivity index (χ0) is 17.9. The number of carboxylic acid groups (broad SMARTS) is 1. The number of amides is 1. The number of ether oxygens (including phenoxy) is 1. The predicted octanol–water partition coefficient (Wildman–Crippen LogP) is 2.90. The number of benzene rings is 1. The maximum atomic E-state index is 11.8. The highest BCUT2D eigenvalue weighted by Gasteiger charge is 2.36. The monoisotopic (exact) mass is 351 g/mol. The molecule has 0 bridgehead atoms. The van der Waals surface area contributed by atoms with Crippen molar-refractivity contribution >= 4 is 17.6 Å². The number of H-pyrrole nitrogens is 1. The summed E-state index contributed by atoms with van der Waals surface area (Å²) in [5, 5.41) is 9.70. The van der Waals surface area contributed by atoms with Crippen molar-refractivity contribution in [1.29, 1.82) is 0 Å². The van der Waals surface area contributed by atoms with E-state index in [-0.39, 0.29) is 4.87 Å². The van der Waals surface area contributed by atoms with Crippen LogP contribution in [0.1, 0.15) is 38.2 Å². The van der Waals surface area contributed by atoms with E-state index in [4.69, 9.17) is 4.74 Å². The normalized spacial score (nSPS) is 12.7. The van der Waals surface area contributed by atoms with E-state index in [2.05, 4.69) is 9.36 Å². The van der Waals surface area contributed by atoms with Gasteiger partial charge in [-0.2, -0.15) is 4.37 Å². The molecule has 0 radical (unpaired) electrons. The van der Waals surface area contributed by atoms with Crippen molar-refractivity contribution in [3.8, 4) is 5.75 Å². The second kappa shape index (κ2) is 7.04. The van der Waals surface area contributed by atoms with Gasteiger partial charge in [0.25, 0.3) is 0 Å². The molecule has 130 valence electrons. The van der Waals surface area contributed by atoms with Gasteiger partial charge in [0.2, 0.25) is 0 Å². The molecular weight excluding hydrogens is 330 g/mol. The first-order chi connectivity index (χ1) is 11.2. The van der Waals surface area contributed by atoms with Crippen LogP contribution in [0, 0.1) is 0 Å². The summed E-state index contributed by atoms with van der Waals surface area (Å²) in [4.78, 5) is 27.0. The number of methoxy groups -OCH3 is 1. The fourth-order valence-corrected chi connectivity index (χ4v) is 3.07. The first-order valence-electron chi connectivity index (χ1n) is 7.43. The molecule has 1 atom stereocenters. The fraction of sp³-hybridized carbons (Fsp3) is 0.438. The SMILES string of the molecule is COc1ccc(CC(c2nsc(=O)[nH]2)N(C(=O)O)C(C)(C)C)cc1. The summed E-state index contributed by atoms with van der Waals surface area (Å²) in [6.45, 7) is 5.44. The van der Waals surface area contributed by atoms with Gasteiger partial charge in [-0.1, -0.05) is 12.1 Å². The topological polar surface area (TPSA) is 95.5 Å². The third-order valence-corrected chi connectivity index (χ3v) is 4.16. The molecule has 0 aliphatic heterocycles. The lowest BCUT2D eigenvalue weighted by molar-refractivity contribution is 0.0671. The summed E-state index contributed by atoms with van der Waals surface area (Å²) < 4.78 is 9.25. The van der Waals surface area contributed by atoms with Gasteiger partial charge in [-0.25, -0.2) is 4.79 Å². The van der Waals surface area contributed by atoms with E-state index >= 15 is 0 Å². The Hall–Kier alpha value is -2.35. The van der Waals surface area contributed by atoms with Gasteiger partial charge in [0.15, 0.2) is 0 Å². The van der Waals surface area contributed by atoms with Gasteiger partial charge in [-0.05, 0) is 38.5 Å². The van der Waals surface area contributed by atoms with Crippen molar-refractivity contribution in [1.82, 2.24) is 14.3 Å². The molecule has 1 unspecified atom stereocenters. The van der Waals surface area contributed by atoms with Crippen LogP contribution in [-0.4, -0.2) is 38.1 Å². The van der Waals surface area contributed by atoms with Crippen LogP contribution in [0.15, 0.2) is 29.1 Å². The summed E-state index contributed by atoms with van der Waals surface area (Å²) in [6.07, 6.45) is -0.664. The molecule has 0 aliphatic carbocycles. The highest BCUT2D eigenvalue weighted by atomic mass is 32.1. The quantitative estimate of drug-likeness (QED) is 0.863. The first kappa shape index (κ1) is 18.0. The molecule has 24 heavy (non-hydrogen) atoms. The molecule has 0 saturated carbocycles. The Morgan fingerprint density at radius 2 is 2.00 bits per heavy atom. The minimum Gasteiger partial charge on any atom is -0.497 e. The number of carbonyl (C=O) groups is 1. The van der Waals surface area contributed by atoms with E-state index in [9.17, 15) is 14.7 Å². The molecule has 2 aromatic rings. The molecule has 8 heteroatoms. The highest BCUT2D eigenvalue weighted by molar-refractivity contribution is 7.02. The number of hydrogen-bond acceptors (Lipinski definition) is 5. The number of aromatic nitrogens is 2. The largest absolute Gasteiger partial charge is 0.497 e. The molecule has 2 N–H and O–H groups in total. The molecule has 2 rings (SSSR count). The molecule has 1 heterocycles. The van der Waals surface area contributed by atoms with Gasteiger partial charge >= 0.3 is 11.0 Å². The number of aromatic amines is 1. The standard InChI is InChI=1S/C16H21N3O4S/c1-16(2,3)19(15(21)22)12(13-17-14(20)24-18-13)9-10-5-7-11(23-4)8-6-10/h5-8,12H,9H2,1-4H3,(H,21,22)(H,17,18,20). The molecule has 0 saturated heterocycles. The van der Waals surface area contributed by atoms with Gasteiger partial charge in [0, 0.05) is 23.5 Å². The molecule has 0 aliphatic rings. The smallest absolute Gasteiger partial charge is 0.408 e. The molecular formula is C16H21N3O4S. The lowest BCUT2D eigenvalue weighted by atomic mass is 9.98. The van der Waals surface area contributed by atoms with E-state index in [1.54, 1.807) is 7.11 Å². The number of nitrogens with zero attached hydrogens (tertiary/aromatic N) is 2. The molecule has 0 spiro atoms. The van der Waals surface area contributed by atoms with Crippen molar-refractivity contribution in [3.05, 3.63) is 45.3 Å². The van der Waals surface area contributed by atoms with Crippen molar-refractivity contribution in [3.63, 3.8) is 0 Å². The highest BCUT2D eigenvalue weighted by Crippen LogP contribution is 2.30. The van der Waals surface area contributed by atoms with Crippen LogP contribution in [0.4, 0.5) is 4.79 Å².